The molecule has 1 aliphatic rings. The lowest BCUT2D eigenvalue weighted by atomic mass is 10.1. The first kappa shape index (κ1) is 9.74. The second-order valence-electron chi connectivity index (χ2n) is 3.61. The normalized spacial score (nSPS) is 32.1. The van der Waals surface area contributed by atoms with Gasteiger partial charge in [0.25, 0.3) is 0 Å². The van der Waals surface area contributed by atoms with Gasteiger partial charge in [0.2, 0.25) is 0 Å². The summed E-state index contributed by atoms with van der Waals surface area (Å²) in [7, 11) is 2.15. The summed E-state index contributed by atoms with van der Waals surface area (Å²) in [4.78, 5) is 4.43. The second-order valence-corrected chi connectivity index (χ2v) is 4.03. The average Bonchev–Trinajstić information content (AvgIpc) is 1.99. The molecule has 3 nitrogen and oxygen atoms in total. The lowest BCUT2D eigenvalue weighted by Crippen LogP contribution is -2.57. The number of hydrogen-bond acceptors (Lipinski definition) is 2. The van der Waals surface area contributed by atoms with E-state index in [1.807, 2.05) is 0 Å². The van der Waals surface area contributed by atoms with Crippen LogP contribution in [0.3, 0.4) is 0 Å². The van der Waals surface area contributed by atoms with Crippen molar-refractivity contribution in [2.75, 3.05) is 20.1 Å². The second kappa shape index (κ2) is 3.58. The number of likely N-dealkylation sites (N-methyl/N-ethyl adjacent to an activating group) is 1. The molecule has 70 valence electrons. The largest absolute Gasteiger partial charge is 0.376 e. The monoisotopic (exact) mass is 187 g/mol. The molecule has 0 aliphatic carbocycles. The van der Waals surface area contributed by atoms with E-state index < -0.39 is 0 Å². The van der Waals surface area contributed by atoms with Crippen LogP contribution in [0, 0.1) is 0 Å². The zero-order chi connectivity index (χ0) is 9.30. The quantitative estimate of drug-likeness (QED) is 0.551. The molecule has 0 amide bonds. The summed E-state index contributed by atoms with van der Waals surface area (Å²) in [6.07, 6.45) is 0. The third-order valence-electron chi connectivity index (χ3n) is 2.67. The predicted molar refractivity (Wildman–Crippen MR) is 55.0 cm³/mol. The Labute approximate surface area is 79.5 Å². The molecule has 1 heterocycles. The Bertz CT molecular complexity index is 171. The van der Waals surface area contributed by atoms with Crippen molar-refractivity contribution in [1.82, 2.24) is 9.80 Å². The van der Waals surface area contributed by atoms with E-state index in [-0.39, 0.29) is 0 Å². The van der Waals surface area contributed by atoms with E-state index >= 15 is 0 Å². The number of rotatable bonds is 0. The molecule has 0 radical (unpaired) electrons. The van der Waals surface area contributed by atoms with E-state index in [2.05, 4.69) is 30.7 Å². The van der Waals surface area contributed by atoms with Crippen molar-refractivity contribution in [3.05, 3.63) is 0 Å². The Morgan fingerprint density at radius 3 is 2.08 bits per heavy atom. The summed E-state index contributed by atoms with van der Waals surface area (Å²) < 4.78 is 0. The summed E-state index contributed by atoms with van der Waals surface area (Å²) >= 11 is 4.95. The maximum atomic E-state index is 5.58. The molecule has 0 aromatic heterocycles. The molecule has 1 saturated heterocycles. The number of nitrogens with zero attached hydrogens (tertiary/aromatic N) is 2. The van der Waals surface area contributed by atoms with E-state index in [4.69, 9.17) is 18.0 Å². The highest BCUT2D eigenvalue weighted by molar-refractivity contribution is 7.80. The van der Waals surface area contributed by atoms with Crippen molar-refractivity contribution < 1.29 is 0 Å². The first-order valence-corrected chi connectivity index (χ1v) is 4.69. The fourth-order valence-corrected chi connectivity index (χ4v) is 1.73. The van der Waals surface area contributed by atoms with Crippen LogP contribution in [0.25, 0.3) is 0 Å². The molecule has 0 spiro atoms. The SMILES string of the molecule is CC1CN(C(N)=S)CC(C)N1C. The third-order valence-corrected chi connectivity index (χ3v) is 2.93. The van der Waals surface area contributed by atoms with Gasteiger partial charge in [-0.3, -0.25) is 4.90 Å². The highest BCUT2D eigenvalue weighted by atomic mass is 32.1. The lowest BCUT2D eigenvalue weighted by Gasteiger charge is -2.42. The summed E-state index contributed by atoms with van der Waals surface area (Å²) in [6.45, 7) is 6.30. The van der Waals surface area contributed by atoms with Gasteiger partial charge in [-0.05, 0) is 33.1 Å². The minimum absolute atomic E-state index is 0.529. The molecule has 12 heavy (non-hydrogen) atoms. The van der Waals surface area contributed by atoms with Crippen LogP contribution >= 0.6 is 12.2 Å². The standard InChI is InChI=1S/C8H17N3S/c1-6-4-11(8(9)12)5-7(2)10(6)3/h6-7H,4-5H2,1-3H3,(H2,9,12). The Balaban J connectivity index is 2.59. The van der Waals surface area contributed by atoms with E-state index in [0.717, 1.165) is 13.1 Å². The summed E-state index contributed by atoms with van der Waals surface area (Å²) in [6, 6.07) is 1.07. The van der Waals surface area contributed by atoms with Crippen LogP contribution < -0.4 is 5.73 Å². The highest BCUT2D eigenvalue weighted by Crippen LogP contribution is 2.12. The van der Waals surface area contributed by atoms with Gasteiger partial charge in [0.05, 0.1) is 0 Å². The topological polar surface area (TPSA) is 32.5 Å². The van der Waals surface area contributed by atoms with Crippen LogP contribution in [0.15, 0.2) is 0 Å². The van der Waals surface area contributed by atoms with Gasteiger partial charge in [0.1, 0.15) is 0 Å². The Hall–Kier alpha value is -0.350. The molecule has 2 unspecified atom stereocenters. The van der Waals surface area contributed by atoms with Crippen molar-refractivity contribution in [3.63, 3.8) is 0 Å². The van der Waals surface area contributed by atoms with Gasteiger partial charge in [-0.1, -0.05) is 0 Å². The van der Waals surface area contributed by atoms with Crippen LogP contribution in [0.5, 0.6) is 0 Å². The Morgan fingerprint density at radius 2 is 1.75 bits per heavy atom. The fraction of sp³-hybridized carbons (Fsp3) is 0.875. The zero-order valence-electron chi connectivity index (χ0n) is 7.95. The fourth-order valence-electron chi connectivity index (χ4n) is 1.58. The number of hydrogen-bond donors (Lipinski definition) is 1. The molecule has 0 bridgehead atoms. The molecule has 2 atom stereocenters. The molecule has 0 aromatic carbocycles. The first-order chi connectivity index (χ1) is 5.52. The van der Waals surface area contributed by atoms with Gasteiger partial charge in [0, 0.05) is 25.2 Å². The van der Waals surface area contributed by atoms with E-state index in [1.165, 1.54) is 0 Å². The van der Waals surface area contributed by atoms with Crippen LogP contribution in [-0.2, 0) is 0 Å². The van der Waals surface area contributed by atoms with Crippen LogP contribution in [0.4, 0.5) is 0 Å². The van der Waals surface area contributed by atoms with Gasteiger partial charge in [-0.15, -0.1) is 0 Å². The summed E-state index contributed by atoms with van der Waals surface area (Å²) in [5, 5.41) is 0.529. The number of piperazine rings is 1. The molecule has 2 N–H and O–H groups in total. The molecule has 0 saturated carbocycles. The van der Waals surface area contributed by atoms with Gasteiger partial charge in [0.15, 0.2) is 5.11 Å². The van der Waals surface area contributed by atoms with Crippen LogP contribution in [0.1, 0.15) is 13.8 Å². The molecule has 1 rings (SSSR count). The van der Waals surface area contributed by atoms with Crippen molar-refractivity contribution in [3.8, 4) is 0 Å². The van der Waals surface area contributed by atoms with Crippen LogP contribution in [-0.4, -0.2) is 47.1 Å². The van der Waals surface area contributed by atoms with Gasteiger partial charge >= 0.3 is 0 Å². The van der Waals surface area contributed by atoms with Crippen LogP contribution in [0.2, 0.25) is 0 Å². The summed E-state index contributed by atoms with van der Waals surface area (Å²) in [5.74, 6) is 0. The lowest BCUT2D eigenvalue weighted by molar-refractivity contribution is 0.0996. The molecular weight excluding hydrogens is 170 g/mol. The number of thiocarbonyl (C=S) groups is 1. The summed E-state index contributed by atoms with van der Waals surface area (Å²) in [5.41, 5.74) is 5.58. The van der Waals surface area contributed by atoms with Crippen molar-refractivity contribution in [1.29, 1.82) is 0 Å². The highest BCUT2D eigenvalue weighted by Gasteiger charge is 2.26. The number of nitrogens with two attached hydrogens (primary N) is 1. The Kier molecular flexibility index (Phi) is 2.90. The van der Waals surface area contributed by atoms with E-state index in [1.54, 1.807) is 0 Å². The zero-order valence-corrected chi connectivity index (χ0v) is 8.77. The maximum Gasteiger partial charge on any atom is 0.166 e. The van der Waals surface area contributed by atoms with Gasteiger partial charge in [-0.2, -0.15) is 0 Å². The van der Waals surface area contributed by atoms with Crippen molar-refractivity contribution in [2.45, 2.75) is 25.9 Å². The van der Waals surface area contributed by atoms with Crippen molar-refractivity contribution in [2.24, 2.45) is 5.73 Å². The van der Waals surface area contributed by atoms with Crippen molar-refractivity contribution >= 4 is 17.3 Å². The predicted octanol–water partition coefficient (Wildman–Crippen LogP) is 0.254. The molecule has 0 aromatic rings. The third kappa shape index (κ3) is 1.87. The maximum absolute atomic E-state index is 5.58. The van der Waals surface area contributed by atoms with E-state index in [0.29, 0.717) is 17.2 Å². The molecular formula is C8H17N3S. The average molecular weight is 187 g/mol. The minimum atomic E-state index is 0.529. The molecule has 1 aliphatic heterocycles. The minimum Gasteiger partial charge on any atom is -0.376 e. The Morgan fingerprint density at radius 1 is 1.33 bits per heavy atom. The van der Waals surface area contributed by atoms with E-state index in [9.17, 15) is 0 Å². The van der Waals surface area contributed by atoms with Gasteiger partial charge in [-0.25, -0.2) is 0 Å². The first-order valence-electron chi connectivity index (χ1n) is 4.28. The smallest absolute Gasteiger partial charge is 0.166 e. The molecule has 1 fully saturated rings. The van der Waals surface area contributed by atoms with Gasteiger partial charge < -0.3 is 10.6 Å². The molecule has 4 heteroatoms.